The highest BCUT2D eigenvalue weighted by molar-refractivity contribution is 7.93. The Kier molecular flexibility index (Phi) is 8.49. The van der Waals surface area contributed by atoms with Crippen molar-refractivity contribution in [2.75, 3.05) is 32.7 Å². The van der Waals surface area contributed by atoms with Gasteiger partial charge in [0.05, 0.1) is 11.1 Å². The number of pyridine rings is 1. The van der Waals surface area contributed by atoms with Crippen LogP contribution in [0.2, 0.25) is 0 Å². The molecule has 0 spiro atoms. The molecular weight excluding hydrogens is 443 g/mol. The minimum atomic E-state index is -3.64. The summed E-state index contributed by atoms with van der Waals surface area (Å²) in [6.45, 7) is 8.33. The smallest absolute Gasteiger partial charge is 0.250 e. The van der Waals surface area contributed by atoms with E-state index in [1.54, 1.807) is 37.4 Å². The van der Waals surface area contributed by atoms with Gasteiger partial charge in [0.15, 0.2) is 0 Å². The molecule has 1 aromatic rings. The molecule has 0 radical (unpaired) electrons. The predicted molar refractivity (Wildman–Crippen MR) is 127 cm³/mol. The Morgan fingerprint density at radius 2 is 2.03 bits per heavy atom. The number of nitrogens with one attached hydrogen (secondary N) is 1. The van der Waals surface area contributed by atoms with Crippen molar-refractivity contribution in [2.24, 2.45) is 0 Å². The summed E-state index contributed by atoms with van der Waals surface area (Å²) in [7, 11) is -3.64. The van der Waals surface area contributed by atoms with Gasteiger partial charge in [-0.15, -0.1) is 0 Å². The van der Waals surface area contributed by atoms with Crippen molar-refractivity contribution in [1.29, 1.82) is 0 Å². The van der Waals surface area contributed by atoms with Crippen molar-refractivity contribution in [3.63, 3.8) is 0 Å². The van der Waals surface area contributed by atoms with Gasteiger partial charge in [-0.2, -0.15) is 0 Å². The number of aromatic nitrogens is 1. The number of nitrogens with zero attached hydrogens (tertiary/aromatic N) is 3. The molecule has 0 saturated carbocycles. The van der Waals surface area contributed by atoms with Gasteiger partial charge in [-0.05, 0) is 31.1 Å². The highest BCUT2D eigenvalue weighted by atomic mass is 32.2. The third-order valence-corrected chi connectivity index (χ3v) is 6.87. The number of allylic oxidation sites excluding steroid dienone is 5. The molecule has 1 N–H and O–H groups in total. The van der Waals surface area contributed by atoms with Crippen LogP contribution in [0, 0.1) is 5.82 Å². The predicted octanol–water partition coefficient (Wildman–Crippen LogP) is 2.69. The molecule has 1 saturated heterocycles. The van der Waals surface area contributed by atoms with Crippen LogP contribution < -0.4 is 4.72 Å². The molecule has 0 unspecified atom stereocenters. The van der Waals surface area contributed by atoms with Crippen molar-refractivity contribution in [1.82, 2.24) is 19.5 Å². The number of amides is 1. The van der Waals surface area contributed by atoms with Crippen molar-refractivity contribution in [3.8, 4) is 0 Å². The number of carbonyl (C=O) groups is 1. The molecular formula is C24H29FN4O3S. The molecule has 2 heterocycles. The minimum absolute atomic E-state index is 0.000391. The standard InChI is InChI=1S/C24H29FN4O3S/c1-3-5-19(2)33(31,32)27-16-20-6-4-7-21(9-8-20)24(30)29-14-12-28(13-15-29)18-22-10-11-26-17-23(22)25/h3-6,8-11,17,27H,2,7,12-16,18H2,1H3/b5-3-. The number of hydrogen-bond acceptors (Lipinski definition) is 5. The molecule has 1 fully saturated rings. The molecule has 1 aromatic heterocycles. The van der Waals surface area contributed by atoms with Crippen molar-refractivity contribution < 1.29 is 17.6 Å². The monoisotopic (exact) mass is 472 g/mol. The van der Waals surface area contributed by atoms with E-state index in [4.69, 9.17) is 0 Å². The SMILES string of the molecule is C=C(/C=C\C)S(=O)(=O)NCC1=CC=C(C(=O)N2CCN(Cc3ccncc3F)CC2)CC=C1. The second-order valence-electron chi connectivity index (χ2n) is 7.87. The van der Waals surface area contributed by atoms with Gasteiger partial charge in [0, 0.05) is 56.6 Å². The summed E-state index contributed by atoms with van der Waals surface area (Å²) in [4.78, 5) is 20.7. The molecule has 7 nitrogen and oxygen atoms in total. The van der Waals surface area contributed by atoms with E-state index in [-0.39, 0.29) is 23.2 Å². The number of sulfonamides is 1. The quantitative estimate of drug-likeness (QED) is 0.589. The van der Waals surface area contributed by atoms with Gasteiger partial charge < -0.3 is 4.90 Å². The van der Waals surface area contributed by atoms with Crippen LogP contribution in [0.1, 0.15) is 18.9 Å². The molecule has 2 aliphatic rings. The first-order valence-electron chi connectivity index (χ1n) is 10.8. The second-order valence-corrected chi connectivity index (χ2v) is 9.69. The van der Waals surface area contributed by atoms with E-state index in [9.17, 15) is 17.6 Å². The molecule has 176 valence electrons. The van der Waals surface area contributed by atoms with Gasteiger partial charge in [0.2, 0.25) is 15.9 Å². The average Bonchev–Trinajstić information content (AvgIpc) is 3.05. The summed E-state index contributed by atoms with van der Waals surface area (Å²) in [5, 5.41) is 0. The number of piperazine rings is 1. The summed E-state index contributed by atoms with van der Waals surface area (Å²) < 4.78 is 40.7. The highest BCUT2D eigenvalue weighted by Crippen LogP contribution is 2.17. The van der Waals surface area contributed by atoms with Crippen LogP contribution in [0.25, 0.3) is 0 Å². The Morgan fingerprint density at radius 1 is 1.27 bits per heavy atom. The van der Waals surface area contributed by atoms with Crippen LogP contribution in [0.3, 0.4) is 0 Å². The fourth-order valence-corrected chi connectivity index (χ4v) is 4.43. The molecule has 1 aliphatic heterocycles. The van der Waals surface area contributed by atoms with Gasteiger partial charge in [0.1, 0.15) is 5.82 Å². The normalized spacial score (nSPS) is 17.6. The van der Waals surface area contributed by atoms with E-state index < -0.39 is 10.0 Å². The van der Waals surface area contributed by atoms with E-state index in [0.29, 0.717) is 50.3 Å². The maximum atomic E-state index is 13.8. The molecule has 0 aromatic carbocycles. The lowest BCUT2D eigenvalue weighted by Gasteiger charge is -2.35. The average molecular weight is 473 g/mol. The molecule has 33 heavy (non-hydrogen) atoms. The first-order chi connectivity index (χ1) is 15.8. The van der Waals surface area contributed by atoms with Gasteiger partial charge in [0.25, 0.3) is 0 Å². The molecule has 0 atom stereocenters. The Balaban J connectivity index is 1.55. The Bertz CT molecular complexity index is 1110. The van der Waals surface area contributed by atoms with Crippen molar-refractivity contribution >= 4 is 15.9 Å². The summed E-state index contributed by atoms with van der Waals surface area (Å²) in [5.74, 6) is -0.351. The molecule has 0 bridgehead atoms. The molecule has 1 amide bonds. The maximum Gasteiger partial charge on any atom is 0.250 e. The largest absolute Gasteiger partial charge is 0.336 e. The maximum absolute atomic E-state index is 13.8. The number of halogens is 1. The van der Waals surface area contributed by atoms with Crippen LogP contribution in [0.15, 0.2) is 77.5 Å². The first kappa shape index (κ1) is 24.8. The zero-order valence-corrected chi connectivity index (χ0v) is 19.5. The highest BCUT2D eigenvalue weighted by Gasteiger charge is 2.24. The van der Waals surface area contributed by atoms with Crippen LogP contribution in [0.4, 0.5) is 4.39 Å². The molecule has 9 heteroatoms. The molecule has 3 rings (SSSR count). The van der Waals surface area contributed by atoms with E-state index in [2.05, 4.69) is 21.2 Å². The minimum Gasteiger partial charge on any atom is -0.336 e. The van der Waals surface area contributed by atoms with E-state index in [1.165, 1.54) is 12.3 Å². The Morgan fingerprint density at radius 3 is 2.73 bits per heavy atom. The Labute approximate surface area is 194 Å². The Hall–Kier alpha value is -2.88. The van der Waals surface area contributed by atoms with Gasteiger partial charge in [-0.1, -0.05) is 37.0 Å². The summed E-state index contributed by atoms with van der Waals surface area (Å²) in [6, 6.07) is 1.68. The number of rotatable bonds is 8. The van der Waals surface area contributed by atoms with Gasteiger partial charge in [-0.3, -0.25) is 14.7 Å². The van der Waals surface area contributed by atoms with E-state index in [1.807, 2.05) is 17.1 Å². The number of hydrogen-bond donors (Lipinski definition) is 1. The fourth-order valence-electron chi connectivity index (χ4n) is 3.58. The first-order valence-corrected chi connectivity index (χ1v) is 12.3. The van der Waals surface area contributed by atoms with Crippen LogP contribution in [-0.2, 0) is 21.4 Å². The van der Waals surface area contributed by atoms with Gasteiger partial charge >= 0.3 is 0 Å². The summed E-state index contributed by atoms with van der Waals surface area (Å²) >= 11 is 0. The summed E-state index contributed by atoms with van der Waals surface area (Å²) in [5.41, 5.74) is 2.00. The third-order valence-electron chi connectivity index (χ3n) is 5.52. The lowest BCUT2D eigenvalue weighted by atomic mass is 10.1. The van der Waals surface area contributed by atoms with Crippen molar-refractivity contribution in [3.05, 3.63) is 88.9 Å². The zero-order valence-electron chi connectivity index (χ0n) is 18.7. The zero-order chi connectivity index (χ0) is 23.8. The third kappa shape index (κ3) is 6.80. The second kappa shape index (κ2) is 11.3. The topological polar surface area (TPSA) is 82.6 Å². The number of carbonyl (C=O) groups excluding carboxylic acids is 1. The summed E-state index contributed by atoms with van der Waals surface area (Å²) in [6.07, 6.45) is 13.5. The van der Waals surface area contributed by atoms with Crippen LogP contribution in [-0.4, -0.2) is 61.8 Å². The van der Waals surface area contributed by atoms with Gasteiger partial charge in [-0.25, -0.2) is 17.5 Å². The fraction of sp³-hybridized carbons (Fsp3) is 0.333. The molecule has 1 aliphatic carbocycles. The van der Waals surface area contributed by atoms with E-state index >= 15 is 0 Å². The van der Waals surface area contributed by atoms with E-state index in [0.717, 1.165) is 5.57 Å². The van der Waals surface area contributed by atoms with Crippen molar-refractivity contribution in [2.45, 2.75) is 19.9 Å². The lowest BCUT2D eigenvalue weighted by Crippen LogP contribution is -2.48. The lowest BCUT2D eigenvalue weighted by molar-refractivity contribution is -0.129. The van der Waals surface area contributed by atoms with Crippen LogP contribution in [0.5, 0.6) is 0 Å². The van der Waals surface area contributed by atoms with Crippen LogP contribution >= 0.6 is 0 Å².